The minimum atomic E-state index is -3.37. The molecule has 3 atom stereocenters. The molecule has 0 radical (unpaired) electrons. The number of nitrogens with one attached hydrogen (secondary N) is 1. The van der Waals surface area contributed by atoms with E-state index in [1.807, 2.05) is 29.2 Å². The second-order valence-electron chi connectivity index (χ2n) is 9.74. The van der Waals surface area contributed by atoms with Crippen LogP contribution in [0.2, 0.25) is 0 Å². The van der Waals surface area contributed by atoms with Gasteiger partial charge in [-0.25, -0.2) is 8.42 Å². The molecule has 1 saturated heterocycles. The second kappa shape index (κ2) is 14.3. The van der Waals surface area contributed by atoms with Gasteiger partial charge >= 0.3 is 6.61 Å². The fourth-order valence-electron chi connectivity index (χ4n) is 4.79. The topological polar surface area (TPSA) is 109 Å². The van der Waals surface area contributed by atoms with E-state index in [0.717, 1.165) is 9.26 Å². The molecule has 0 aromatic heterocycles. The third kappa shape index (κ3) is 8.17. The van der Waals surface area contributed by atoms with E-state index in [9.17, 15) is 27.3 Å². The molecule has 0 saturated carbocycles. The molecule has 1 aliphatic heterocycles. The summed E-state index contributed by atoms with van der Waals surface area (Å²) in [7, 11) is -3.37. The molecule has 1 aliphatic rings. The normalized spacial score (nSPS) is 17.6. The van der Waals surface area contributed by atoms with Gasteiger partial charge in [0.1, 0.15) is 11.9 Å². The van der Waals surface area contributed by atoms with E-state index in [0.29, 0.717) is 29.8 Å². The van der Waals surface area contributed by atoms with Gasteiger partial charge in [-0.05, 0) is 88.8 Å². The van der Waals surface area contributed by atoms with Crippen molar-refractivity contribution in [1.82, 2.24) is 5.32 Å². The molecule has 4 rings (SSSR count). The second-order valence-corrected chi connectivity index (χ2v) is 13.3. The highest BCUT2D eigenvalue weighted by atomic mass is 127. The van der Waals surface area contributed by atoms with Crippen molar-refractivity contribution in [2.24, 2.45) is 0 Å². The predicted octanol–water partition coefficient (Wildman–Crippen LogP) is 5.74. The number of benzene rings is 3. The van der Waals surface area contributed by atoms with Crippen LogP contribution in [0.4, 0.5) is 14.5 Å². The average molecular weight is 710 g/mol. The van der Waals surface area contributed by atoms with Crippen molar-refractivity contribution in [2.45, 2.75) is 49.5 Å². The molecule has 0 bridgehead atoms. The average Bonchev–Trinajstić information content (AvgIpc) is 3.39. The molecular weight excluding hydrogens is 679 g/mol. The number of anilines is 1. The highest BCUT2D eigenvalue weighted by molar-refractivity contribution is 14.1. The van der Waals surface area contributed by atoms with Crippen LogP contribution < -0.4 is 15.0 Å². The van der Waals surface area contributed by atoms with Crippen molar-refractivity contribution in [3.05, 3.63) is 87.5 Å². The van der Waals surface area contributed by atoms with Gasteiger partial charge in [-0.2, -0.15) is 14.0 Å². The van der Waals surface area contributed by atoms with E-state index in [1.54, 1.807) is 43.3 Å². The number of hydrogen-bond acceptors (Lipinski definition) is 7. The van der Waals surface area contributed by atoms with Crippen LogP contribution in [-0.4, -0.2) is 52.0 Å². The molecule has 12 heteroatoms. The summed E-state index contributed by atoms with van der Waals surface area (Å²) < 4.78 is 61.7. The molecule has 1 heterocycles. The van der Waals surface area contributed by atoms with E-state index in [2.05, 4.69) is 38.7 Å². The monoisotopic (exact) mass is 709 g/mol. The van der Waals surface area contributed by atoms with Gasteiger partial charge in [0.05, 0.1) is 48.4 Å². The number of nitriles is 1. The Morgan fingerprint density at radius 1 is 1.10 bits per heavy atom. The number of rotatable bonds is 12. The Labute approximate surface area is 257 Å². The summed E-state index contributed by atoms with van der Waals surface area (Å²) in [6.45, 7) is -1.06. The van der Waals surface area contributed by atoms with Gasteiger partial charge in [0, 0.05) is 21.2 Å². The van der Waals surface area contributed by atoms with E-state index >= 15 is 0 Å². The zero-order chi connectivity index (χ0) is 30.3. The lowest BCUT2D eigenvalue weighted by atomic mass is 10.0. The molecule has 0 spiro atoms. The SMILES string of the molecule is CCS(=O)(=O)c1ccc([C@H](CC#N)NC(=O)c2ccc(N3C[C@@H](Oc4ccc(I)cc4)C[C@H]3COC(F)F)cc2)cc1. The summed E-state index contributed by atoms with van der Waals surface area (Å²) in [5, 5.41) is 12.2. The van der Waals surface area contributed by atoms with Crippen LogP contribution in [0.1, 0.15) is 41.7 Å². The summed E-state index contributed by atoms with van der Waals surface area (Å²) in [6, 6.07) is 21.5. The maximum absolute atomic E-state index is 13.1. The largest absolute Gasteiger partial charge is 0.489 e. The molecule has 1 fully saturated rings. The quantitative estimate of drug-likeness (QED) is 0.239. The first-order valence-corrected chi connectivity index (χ1v) is 16.0. The highest BCUT2D eigenvalue weighted by Gasteiger charge is 2.34. The number of alkyl halides is 2. The fourth-order valence-corrected chi connectivity index (χ4v) is 6.03. The van der Waals surface area contributed by atoms with Crippen LogP contribution in [0.5, 0.6) is 5.75 Å². The van der Waals surface area contributed by atoms with Crippen molar-refractivity contribution in [2.75, 3.05) is 23.8 Å². The summed E-state index contributed by atoms with van der Waals surface area (Å²) in [4.78, 5) is 15.2. The van der Waals surface area contributed by atoms with E-state index in [4.69, 9.17) is 4.74 Å². The van der Waals surface area contributed by atoms with Crippen LogP contribution in [0, 0.1) is 14.9 Å². The number of ether oxygens (including phenoxy) is 2. The standard InChI is InChI=1S/C30H30F2IN3O5S/c1-2-42(38,39)27-13-5-20(6-14-27)28(15-16-34)35-29(37)21-3-9-23(10-4-21)36-18-26(17-24(36)19-40-30(31)32)41-25-11-7-22(33)8-12-25/h3-14,24,26,28,30H,2,15,17-19H2,1H3,(H,35,37)/t24-,26-,28-/m0/s1. The molecule has 222 valence electrons. The van der Waals surface area contributed by atoms with Crippen LogP contribution in [0.3, 0.4) is 0 Å². The van der Waals surface area contributed by atoms with Crippen LogP contribution >= 0.6 is 22.6 Å². The van der Waals surface area contributed by atoms with Gasteiger partial charge in [-0.3, -0.25) is 4.79 Å². The predicted molar refractivity (Wildman–Crippen MR) is 162 cm³/mol. The van der Waals surface area contributed by atoms with Crippen molar-refractivity contribution >= 4 is 44.0 Å². The molecule has 42 heavy (non-hydrogen) atoms. The minimum Gasteiger partial charge on any atom is -0.489 e. The van der Waals surface area contributed by atoms with Crippen LogP contribution in [0.15, 0.2) is 77.7 Å². The van der Waals surface area contributed by atoms with Gasteiger partial charge in [0.25, 0.3) is 5.91 Å². The third-order valence-electron chi connectivity index (χ3n) is 6.99. The number of carbonyl (C=O) groups is 1. The van der Waals surface area contributed by atoms with Gasteiger partial charge < -0.3 is 19.7 Å². The molecule has 0 unspecified atom stereocenters. The zero-order valence-corrected chi connectivity index (χ0v) is 25.7. The Balaban J connectivity index is 1.46. The summed E-state index contributed by atoms with van der Waals surface area (Å²) in [5.41, 5.74) is 1.68. The number of halogens is 3. The maximum atomic E-state index is 13.1. The summed E-state index contributed by atoms with van der Waals surface area (Å²) in [6.07, 6.45) is 0.227. The minimum absolute atomic E-state index is 0.00869. The molecule has 1 amide bonds. The zero-order valence-electron chi connectivity index (χ0n) is 22.8. The Morgan fingerprint density at radius 2 is 1.76 bits per heavy atom. The van der Waals surface area contributed by atoms with Crippen molar-refractivity contribution < 1.29 is 31.5 Å². The van der Waals surface area contributed by atoms with Gasteiger partial charge in [0.15, 0.2) is 9.84 Å². The van der Waals surface area contributed by atoms with Crippen molar-refractivity contribution in [1.29, 1.82) is 5.26 Å². The molecule has 0 aliphatic carbocycles. The summed E-state index contributed by atoms with van der Waals surface area (Å²) >= 11 is 2.20. The first-order chi connectivity index (χ1) is 20.1. The van der Waals surface area contributed by atoms with Gasteiger partial charge in [-0.1, -0.05) is 19.1 Å². The first-order valence-electron chi connectivity index (χ1n) is 13.3. The molecule has 1 N–H and O–H groups in total. The molecule has 3 aromatic rings. The number of amides is 1. The van der Waals surface area contributed by atoms with Crippen molar-refractivity contribution in [3.8, 4) is 11.8 Å². The smallest absolute Gasteiger partial charge is 0.345 e. The maximum Gasteiger partial charge on any atom is 0.345 e. The Morgan fingerprint density at radius 3 is 2.36 bits per heavy atom. The Kier molecular flexibility index (Phi) is 10.7. The molecule has 3 aromatic carbocycles. The number of sulfone groups is 1. The molecule has 8 nitrogen and oxygen atoms in total. The highest BCUT2D eigenvalue weighted by Crippen LogP contribution is 2.30. The van der Waals surface area contributed by atoms with E-state index < -0.39 is 28.4 Å². The lowest BCUT2D eigenvalue weighted by molar-refractivity contribution is -0.131. The lowest BCUT2D eigenvalue weighted by Gasteiger charge is -2.26. The van der Waals surface area contributed by atoms with E-state index in [-0.39, 0.29) is 35.8 Å². The number of hydrogen-bond donors (Lipinski definition) is 1. The van der Waals surface area contributed by atoms with Gasteiger partial charge in [0.2, 0.25) is 0 Å². The van der Waals surface area contributed by atoms with Crippen LogP contribution in [-0.2, 0) is 14.6 Å². The van der Waals surface area contributed by atoms with E-state index in [1.165, 1.54) is 12.1 Å². The Bertz CT molecular complexity index is 1500. The van der Waals surface area contributed by atoms with Crippen molar-refractivity contribution in [3.63, 3.8) is 0 Å². The van der Waals surface area contributed by atoms with Crippen LogP contribution in [0.25, 0.3) is 0 Å². The Hall–Kier alpha value is -3.28. The number of nitrogens with zero attached hydrogens (tertiary/aromatic N) is 2. The van der Waals surface area contributed by atoms with Gasteiger partial charge in [-0.15, -0.1) is 0 Å². The third-order valence-corrected chi connectivity index (χ3v) is 9.46. The lowest BCUT2D eigenvalue weighted by Crippen LogP contribution is -2.34. The molecular formula is C30H30F2IN3O5S. The summed E-state index contributed by atoms with van der Waals surface area (Å²) in [5.74, 6) is 0.250. The first kappa shape index (κ1) is 31.7. The number of carbonyl (C=O) groups excluding carboxylic acids is 1. The fraction of sp³-hybridized carbons (Fsp3) is 0.333.